The number of anilines is 1. The quantitative estimate of drug-likeness (QED) is 0.623. The van der Waals surface area contributed by atoms with Gasteiger partial charge in [0.15, 0.2) is 0 Å². The van der Waals surface area contributed by atoms with Crippen LogP contribution in [0.3, 0.4) is 0 Å². The van der Waals surface area contributed by atoms with E-state index in [1.54, 1.807) is 6.20 Å². The van der Waals surface area contributed by atoms with Gasteiger partial charge in [-0.2, -0.15) is 5.10 Å². The molecule has 0 unspecified atom stereocenters. The molecule has 1 aliphatic rings. The first-order valence-electron chi connectivity index (χ1n) is 7.19. The van der Waals surface area contributed by atoms with E-state index in [1.807, 2.05) is 24.3 Å². The lowest BCUT2D eigenvalue weighted by atomic mass is 10.2. The van der Waals surface area contributed by atoms with Gasteiger partial charge in [0.05, 0.1) is 11.2 Å². The molecule has 20 heavy (non-hydrogen) atoms. The fourth-order valence-corrected chi connectivity index (χ4v) is 2.77. The second-order valence-corrected chi connectivity index (χ2v) is 5.66. The Bertz CT molecular complexity index is 627. The van der Waals surface area contributed by atoms with Gasteiger partial charge in [-0.05, 0) is 49.9 Å². The van der Waals surface area contributed by atoms with E-state index in [0.29, 0.717) is 5.02 Å². The molecule has 0 saturated heterocycles. The van der Waals surface area contributed by atoms with Crippen LogP contribution in [0.2, 0.25) is 5.02 Å². The molecule has 1 N–H and O–H groups in total. The third-order valence-corrected chi connectivity index (χ3v) is 3.96. The molecule has 1 saturated carbocycles. The minimum absolute atomic E-state index is 0.706. The maximum absolute atomic E-state index is 6.00. The highest BCUT2D eigenvalue weighted by molar-refractivity contribution is 6.31. The molecule has 0 radical (unpaired) electrons. The summed E-state index contributed by atoms with van der Waals surface area (Å²) in [7, 11) is 0. The van der Waals surface area contributed by atoms with Crippen molar-refractivity contribution in [3.8, 4) is 0 Å². The Kier molecular flexibility index (Phi) is 4.16. The van der Waals surface area contributed by atoms with Crippen LogP contribution in [0.5, 0.6) is 0 Å². The number of aromatic nitrogens is 1. The maximum atomic E-state index is 6.00. The van der Waals surface area contributed by atoms with E-state index in [0.717, 1.165) is 29.4 Å². The minimum atomic E-state index is 0.706. The van der Waals surface area contributed by atoms with Crippen LogP contribution in [0, 0.1) is 0 Å². The van der Waals surface area contributed by atoms with E-state index in [9.17, 15) is 0 Å². The summed E-state index contributed by atoms with van der Waals surface area (Å²) in [6, 6.07) is 7.70. The van der Waals surface area contributed by atoms with Crippen molar-refractivity contribution in [3.63, 3.8) is 0 Å². The number of nitrogens with one attached hydrogen (secondary N) is 1. The summed E-state index contributed by atoms with van der Waals surface area (Å²) in [5, 5.41) is 6.35. The average molecular weight is 288 g/mol. The molecular weight excluding hydrogens is 270 g/mol. The van der Waals surface area contributed by atoms with Crippen molar-refractivity contribution in [1.29, 1.82) is 0 Å². The Hall–Kier alpha value is -1.61. The van der Waals surface area contributed by atoms with E-state index >= 15 is 0 Å². The number of fused-ring (bicyclic) bond motifs is 1. The van der Waals surface area contributed by atoms with Gasteiger partial charge >= 0.3 is 0 Å². The Balaban J connectivity index is 1.85. The number of halogens is 1. The number of nitrogens with zero attached hydrogens (tertiary/aromatic N) is 2. The molecule has 1 heterocycles. The van der Waals surface area contributed by atoms with Gasteiger partial charge in [0.1, 0.15) is 0 Å². The summed E-state index contributed by atoms with van der Waals surface area (Å²) in [4.78, 5) is 4.34. The monoisotopic (exact) mass is 287 g/mol. The molecule has 104 valence electrons. The molecule has 2 aromatic rings. The number of hydrogen-bond donors (Lipinski definition) is 1. The van der Waals surface area contributed by atoms with Gasteiger partial charge in [-0.1, -0.05) is 24.4 Å². The smallest absolute Gasteiger partial charge is 0.0738 e. The standard InChI is InChI=1S/C16H18ClN3/c17-12-7-8-14-15(9-10-18-16(14)11-12)20-19-13-5-3-1-2-4-6-13/h7-11H,1-6H2,(H,18,20). The first kappa shape index (κ1) is 13.4. The van der Waals surface area contributed by atoms with E-state index in [-0.39, 0.29) is 0 Å². The van der Waals surface area contributed by atoms with Crippen molar-refractivity contribution in [2.45, 2.75) is 38.5 Å². The highest BCUT2D eigenvalue weighted by Gasteiger charge is 2.06. The minimum Gasteiger partial charge on any atom is -0.278 e. The molecule has 0 atom stereocenters. The summed E-state index contributed by atoms with van der Waals surface area (Å²) in [5.41, 5.74) is 6.37. The summed E-state index contributed by atoms with van der Waals surface area (Å²) in [6.45, 7) is 0. The molecule has 3 rings (SSSR count). The molecule has 1 aromatic carbocycles. The lowest BCUT2D eigenvalue weighted by Gasteiger charge is -2.07. The SMILES string of the molecule is Clc1ccc2c(NN=C3CCCCCC3)ccnc2c1. The summed E-state index contributed by atoms with van der Waals surface area (Å²) >= 11 is 6.00. The van der Waals surface area contributed by atoms with Gasteiger partial charge in [0.25, 0.3) is 0 Å². The molecule has 1 aromatic heterocycles. The maximum Gasteiger partial charge on any atom is 0.0738 e. The molecule has 0 spiro atoms. The fourth-order valence-electron chi connectivity index (χ4n) is 2.61. The molecule has 0 bridgehead atoms. The van der Waals surface area contributed by atoms with Crippen LogP contribution in [0.15, 0.2) is 35.6 Å². The first-order chi connectivity index (χ1) is 9.83. The molecule has 0 aliphatic heterocycles. The second-order valence-electron chi connectivity index (χ2n) is 5.22. The summed E-state index contributed by atoms with van der Waals surface area (Å²) in [5.74, 6) is 0. The van der Waals surface area contributed by atoms with E-state index in [1.165, 1.54) is 31.4 Å². The topological polar surface area (TPSA) is 37.3 Å². The predicted molar refractivity (Wildman–Crippen MR) is 85.5 cm³/mol. The van der Waals surface area contributed by atoms with Crippen molar-refractivity contribution < 1.29 is 0 Å². The van der Waals surface area contributed by atoms with E-state index < -0.39 is 0 Å². The molecule has 3 nitrogen and oxygen atoms in total. The normalized spacial score (nSPS) is 15.9. The van der Waals surface area contributed by atoms with Crippen molar-refractivity contribution >= 4 is 33.9 Å². The van der Waals surface area contributed by atoms with Crippen LogP contribution < -0.4 is 5.43 Å². The molecule has 1 aliphatic carbocycles. The van der Waals surface area contributed by atoms with Crippen LogP contribution >= 0.6 is 11.6 Å². The van der Waals surface area contributed by atoms with Gasteiger partial charge in [-0.3, -0.25) is 10.4 Å². The number of rotatable bonds is 2. The second kappa shape index (κ2) is 6.23. The lowest BCUT2D eigenvalue weighted by Crippen LogP contribution is -2.01. The number of benzene rings is 1. The van der Waals surface area contributed by atoms with Gasteiger partial charge in [-0.25, -0.2) is 0 Å². The van der Waals surface area contributed by atoms with Gasteiger partial charge in [-0.15, -0.1) is 0 Å². The van der Waals surface area contributed by atoms with Crippen LogP contribution in [0.25, 0.3) is 10.9 Å². The van der Waals surface area contributed by atoms with Gasteiger partial charge < -0.3 is 0 Å². The third kappa shape index (κ3) is 3.10. The van der Waals surface area contributed by atoms with Gasteiger partial charge in [0.2, 0.25) is 0 Å². The highest BCUT2D eigenvalue weighted by atomic mass is 35.5. The fraction of sp³-hybridized carbons (Fsp3) is 0.375. The largest absolute Gasteiger partial charge is 0.278 e. The van der Waals surface area contributed by atoms with Crippen molar-refractivity contribution in [2.24, 2.45) is 5.10 Å². The third-order valence-electron chi connectivity index (χ3n) is 3.72. The van der Waals surface area contributed by atoms with Gasteiger partial charge in [0, 0.05) is 22.3 Å². The summed E-state index contributed by atoms with van der Waals surface area (Å²) < 4.78 is 0. The Morgan fingerprint density at radius 1 is 1.05 bits per heavy atom. The Labute approximate surface area is 124 Å². The Morgan fingerprint density at radius 2 is 1.85 bits per heavy atom. The van der Waals surface area contributed by atoms with Crippen molar-refractivity contribution in [2.75, 3.05) is 5.43 Å². The molecule has 1 fully saturated rings. The zero-order chi connectivity index (χ0) is 13.8. The number of hydrazone groups is 1. The summed E-state index contributed by atoms with van der Waals surface area (Å²) in [6.07, 6.45) is 9.18. The molecule has 0 amide bonds. The van der Waals surface area contributed by atoms with Crippen molar-refractivity contribution in [1.82, 2.24) is 4.98 Å². The number of pyridine rings is 1. The van der Waals surface area contributed by atoms with E-state index in [4.69, 9.17) is 11.6 Å². The Morgan fingerprint density at radius 3 is 2.65 bits per heavy atom. The molecular formula is C16H18ClN3. The first-order valence-corrected chi connectivity index (χ1v) is 7.56. The van der Waals surface area contributed by atoms with Crippen LogP contribution in [-0.2, 0) is 0 Å². The highest BCUT2D eigenvalue weighted by Crippen LogP contribution is 2.24. The lowest BCUT2D eigenvalue weighted by molar-refractivity contribution is 0.702. The average Bonchev–Trinajstić information content (AvgIpc) is 2.73. The van der Waals surface area contributed by atoms with Crippen LogP contribution in [-0.4, -0.2) is 10.7 Å². The molecule has 4 heteroatoms. The predicted octanol–water partition coefficient (Wildman–Crippen LogP) is 5.01. The van der Waals surface area contributed by atoms with Crippen LogP contribution in [0.4, 0.5) is 5.69 Å². The van der Waals surface area contributed by atoms with Crippen molar-refractivity contribution in [3.05, 3.63) is 35.5 Å². The van der Waals surface area contributed by atoms with Crippen LogP contribution in [0.1, 0.15) is 38.5 Å². The zero-order valence-corrected chi connectivity index (χ0v) is 12.2. The zero-order valence-electron chi connectivity index (χ0n) is 11.4. The number of hydrogen-bond acceptors (Lipinski definition) is 3. The van der Waals surface area contributed by atoms with E-state index in [2.05, 4.69) is 15.5 Å².